The van der Waals surface area contributed by atoms with E-state index in [0.717, 1.165) is 0 Å². The van der Waals surface area contributed by atoms with E-state index in [1.54, 1.807) is 43.3 Å². The van der Waals surface area contributed by atoms with E-state index in [-0.39, 0.29) is 11.5 Å². The number of nitriles is 1. The molecule has 6 nitrogen and oxygen atoms in total. The Bertz CT molecular complexity index is 874. The molecule has 0 aliphatic heterocycles. The van der Waals surface area contributed by atoms with Crippen molar-refractivity contribution in [3.63, 3.8) is 0 Å². The Balaban J connectivity index is 2.03. The van der Waals surface area contributed by atoms with Crippen LogP contribution in [0.5, 0.6) is 11.5 Å². The molecule has 2 unspecified atom stereocenters. The summed E-state index contributed by atoms with van der Waals surface area (Å²) in [5.74, 6) is -0.150. The van der Waals surface area contributed by atoms with Gasteiger partial charge in [0.1, 0.15) is 17.0 Å². The molecule has 2 atom stereocenters. The van der Waals surface area contributed by atoms with Gasteiger partial charge in [0, 0.05) is 0 Å². The first kappa shape index (κ1) is 21.0. The van der Waals surface area contributed by atoms with Gasteiger partial charge in [-0.15, -0.1) is 0 Å². The van der Waals surface area contributed by atoms with Crippen molar-refractivity contribution in [1.29, 1.82) is 5.26 Å². The van der Waals surface area contributed by atoms with Crippen LogP contribution >= 0.6 is 0 Å². The van der Waals surface area contributed by atoms with Crippen molar-refractivity contribution >= 4 is 11.9 Å². The molecular weight excluding hydrogens is 356 g/mol. The second-order valence-corrected chi connectivity index (χ2v) is 6.95. The Kier molecular flexibility index (Phi) is 6.78. The van der Waals surface area contributed by atoms with Gasteiger partial charge in [-0.05, 0) is 50.1 Å². The van der Waals surface area contributed by atoms with E-state index < -0.39 is 23.5 Å². The number of amides is 1. The summed E-state index contributed by atoms with van der Waals surface area (Å²) in [5, 5.41) is 12.0. The van der Waals surface area contributed by atoms with E-state index in [0.29, 0.717) is 11.5 Å². The monoisotopic (exact) mass is 380 g/mol. The fourth-order valence-corrected chi connectivity index (χ4v) is 2.25. The molecule has 0 aliphatic carbocycles. The normalized spacial score (nSPS) is 13.7. The minimum absolute atomic E-state index is 0.101. The van der Waals surface area contributed by atoms with Crippen LogP contribution in [-0.2, 0) is 9.53 Å². The van der Waals surface area contributed by atoms with Crippen LogP contribution < -0.4 is 10.1 Å². The molecule has 146 valence electrons. The Morgan fingerprint density at radius 1 is 1.04 bits per heavy atom. The Morgan fingerprint density at radius 3 is 2.29 bits per heavy atom. The number of hydrogen-bond donors (Lipinski definition) is 1. The van der Waals surface area contributed by atoms with Crippen LogP contribution in [0.2, 0.25) is 0 Å². The van der Waals surface area contributed by atoms with Crippen molar-refractivity contribution < 1.29 is 19.1 Å². The number of ether oxygens (including phenoxy) is 2. The van der Waals surface area contributed by atoms with Crippen molar-refractivity contribution in [2.75, 3.05) is 0 Å². The smallest absolute Gasteiger partial charge is 0.339 e. The zero-order valence-electron chi connectivity index (χ0n) is 16.4. The summed E-state index contributed by atoms with van der Waals surface area (Å²) >= 11 is 0. The van der Waals surface area contributed by atoms with Crippen LogP contribution in [0, 0.1) is 17.2 Å². The third-order valence-corrected chi connectivity index (χ3v) is 4.47. The lowest BCUT2D eigenvalue weighted by Crippen LogP contribution is -2.52. The van der Waals surface area contributed by atoms with E-state index in [2.05, 4.69) is 11.4 Å². The zero-order valence-corrected chi connectivity index (χ0v) is 16.4. The SMILES string of the molecule is CC(OC(=O)c1cccc(Oc2ccccc2)c1)C(=O)NC(C)(C#N)C(C)C. The van der Waals surface area contributed by atoms with Crippen LogP contribution in [-0.4, -0.2) is 23.5 Å². The number of carbonyl (C=O) groups excluding carboxylic acids is 2. The zero-order chi connectivity index (χ0) is 20.7. The molecule has 1 N–H and O–H groups in total. The van der Waals surface area contributed by atoms with Gasteiger partial charge in [0.15, 0.2) is 6.10 Å². The Morgan fingerprint density at radius 2 is 1.68 bits per heavy atom. The lowest BCUT2D eigenvalue weighted by Gasteiger charge is -2.28. The molecule has 0 spiro atoms. The highest BCUT2D eigenvalue weighted by molar-refractivity contribution is 5.92. The molecule has 0 aliphatic rings. The van der Waals surface area contributed by atoms with Crippen molar-refractivity contribution in [3.8, 4) is 17.6 Å². The summed E-state index contributed by atoms with van der Waals surface area (Å²) in [5.41, 5.74) is -0.777. The summed E-state index contributed by atoms with van der Waals surface area (Å²) in [7, 11) is 0. The standard InChI is InChI=1S/C22H24N2O4/c1-15(2)22(4,14-23)24-20(25)16(3)27-21(26)17-9-8-12-19(13-17)28-18-10-6-5-7-11-18/h5-13,15-16H,1-4H3,(H,24,25). The minimum Gasteiger partial charge on any atom is -0.457 e. The first-order valence-corrected chi connectivity index (χ1v) is 9.02. The van der Waals surface area contributed by atoms with Crippen LogP contribution in [0.15, 0.2) is 54.6 Å². The van der Waals surface area contributed by atoms with Crippen LogP contribution in [0.1, 0.15) is 38.1 Å². The Hall–Kier alpha value is -3.33. The van der Waals surface area contributed by atoms with E-state index in [4.69, 9.17) is 9.47 Å². The van der Waals surface area contributed by atoms with Gasteiger partial charge in [-0.2, -0.15) is 5.26 Å². The highest BCUT2D eigenvalue weighted by Gasteiger charge is 2.32. The van der Waals surface area contributed by atoms with Gasteiger partial charge in [0.25, 0.3) is 5.91 Å². The number of carbonyl (C=O) groups is 2. The van der Waals surface area contributed by atoms with E-state index in [1.807, 2.05) is 32.0 Å². The predicted octanol–water partition coefficient (Wildman–Crippen LogP) is 4.08. The number of nitrogens with zero attached hydrogens (tertiary/aromatic N) is 1. The molecule has 0 fully saturated rings. The fraction of sp³-hybridized carbons (Fsp3) is 0.318. The number of rotatable bonds is 7. The van der Waals surface area contributed by atoms with Crippen molar-refractivity contribution in [1.82, 2.24) is 5.32 Å². The molecule has 0 bridgehead atoms. The van der Waals surface area contributed by atoms with E-state index in [9.17, 15) is 14.9 Å². The molecule has 6 heteroatoms. The largest absolute Gasteiger partial charge is 0.457 e. The van der Waals surface area contributed by atoms with Gasteiger partial charge in [-0.1, -0.05) is 38.1 Å². The van der Waals surface area contributed by atoms with Gasteiger partial charge in [-0.3, -0.25) is 4.79 Å². The highest BCUT2D eigenvalue weighted by atomic mass is 16.5. The highest BCUT2D eigenvalue weighted by Crippen LogP contribution is 2.22. The molecule has 0 saturated heterocycles. The second-order valence-electron chi connectivity index (χ2n) is 6.95. The van der Waals surface area contributed by atoms with Crippen LogP contribution in [0.25, 0.3) is 0 Å². The number of para-hydroxylation sites is 1. The molecule has 0 heterocycles. The molecule has 0 radical (unpaired) electrons. The minimum atomic E-state index is -1.04. The van der Waals surface area contributed by atoms with Gasteiger partial charge >= 0.3 is 5.97 Å². The third-order valence-electron chi connectivity index (χ3n) is 4.47. The molecule has 0 saturated carbocycles. The van der Waals surface area contributed by atoms with Crippen molar-refractivity contribution in [2.24, 2.45) is 5.92 Å². The first-order valence-electron chi connectivity index (χ1n) is 9.02. The Labute approximate surface area is 165 Å². The fourth-order valence-electron chi connectivity index (χ4n) is 2.25. The van der Waals surface area contributed by atoms with Crippen molar-refractivity contribution in [3.05, 3.63) is 60.2 Å². The molecule has 2 rings (SSSR count). The number of hydrogen-bond acceptors (Lipinski definition) is 5. The summed E-state index contributed by atoms with van der Waals surface area (Å²) in [6, 6.07) is 17.8. The number of benzene rings is 2. The van der Waals surface area contributed by atoms with Gasteiger partial charge in [0.05, 0.1) is 11.6 Å². The van der Waals surface area contributed by atoms with E-state index in [1.165, 1.54) is 6.92 Å². The lowest BCUT2D eigenvalue weighted by atomic mass is 9.90. The molecule has 2 aromatic rings. The third kappa shape index (κ3) is 5.34. The summed E-state index contributed by atoms with van der Waals surface area (Å²) in [4.78, 5) is 24.7. The second kappa shape index (κ2) is 9.05. The summed E-state index contributed by atoms with van der Waals surface area (Å²) in [6.45, 7) is 6.76. The average molecular weight is 380 g/mol. The van der Waals surface area contributed by atoms with Gasteiger partial charge in [0.2, 0.25) is 0 Å². The molecule has 2 aromatic carbocycles. The summed E-state index contributed by atoms with van der Waals surface area (Å²) < 4.78 is 11.0. The molecule has 1 amide bonds. The van der Waals surface area contributed by atoms with Gasteiger partial charge in [-0.25, -0.2) is 4.79 Å². The lowest BCUT2D eigenvalue weighted by molar-refractivity contribution is -0.130. The molecular formula is C22H24N2O4. The van der Waals surface area contributed by atoms with Crippen molar-refractivity contribution in [2.45, 2.75) is 39.3 Å². The van der Waals surface area contributed by atoms with Gasteiger partial charge < -0.3 is 14.8 Å². The van der Waals surface area contributed by atoms with E-state index >= 15 is 0 Å². The topological polar surface area (TPSA) is 88.4 Å². The van der Waals surface area contributed by atoms with Crippen LogP contribution in [0.3, 0.4) is 0 Å². The molecule has 0 aromatic heterocycles. The quantitative estimate of drug-likeness (QED) is 0.731. The number of esters is 1. The maximum atomic E-state index is 12.4. The first-order chi connectivity index (χ1) is 13.2. The summed E-state index contributed by atoms with van der Waals surface area (Å²) in [6.07, 6.45) is -1.04. The average Bonchev–Trinajstić information content (AvgIpc) is 2.68. The predicted molar refractivity (Wildman–Crippen MR) is 105 cm³/mol. The molecule has 28 heavy (non-hydrogen) atoms. The van der Waals surface area contributed by atoms with Crippen LogP contribution in [0.4, 0.5) is 0 Å². The maximum absolute atomic E-state index is 12.4. The number of nitrogens with one attached hydrogen (secondary N) is 1. The maximum Gasteiger partial charge on any atom is 0.339 e.